The SMILES string of the molecule is C=CC(=O)N1CCn2nc(-c3ccc(C(F)(F)F)cc3F)c(-c3ccncc3)c2C1. The molecule has 3 aromatic rings. The molecule has 1 aliphatic rings. The molecule has 30 heavy (non-hydrogen) atoms. The Balaban J connectivity index is 1.89. The second-order valence-electron chi connectivity index (χ2n) is 6.79. The molecule has 0 spiro atoms. The number of carbonyl (C=O) groups is 1. The van der Waals surface area contributed by atoms with E-state index in [1.807, 2.05) is 0 Å². The summed E-state index contributed by atoms with van der Waals surface area (Å²) in [5, 5.41) is 4.48. The highest BCUT2D eigenvalue weighted by Gasteiger charge is 2.33. The predicted molar refractivity (Wildman–Crippen MR) is 101 cm³/mol. The van der Waals surface area contributed by atoms with E-state index in [1.54, 1.807) is 34.1 Å². The fourth-order valence-corrected chi connectivity index (χ4v) is 3.53. The van der Waals surface area contributed by atoms with Crippen molar-refractivity contribution in [3.05, 3.63) is 72.5 Å². The molecule has 3 heterocycles. The Labute approximate surface area is 169 Å². The van der Waals surface area contributed by atoms with Crippen LogP contribution in [-0.2, 0) is 24.1 Å². The lowest BCUT2D eigenvalue weighted by Crippen LogP contribution is -2.37. The van der Waals surface area contributed by atoms with Gasteiger partial charge in [-0.2, -0.15) is 18.3 Å². The number of alkyl halides is 3. The van der Waals surface area contributed by atoms with Crippen molar-refractivity contribution in [1.29, 1.82) is 0 Å². The van der Waals surface area contributed by atoms with Gasteiger partial charge in [0.1, 0.15) is 11.5 Å². The maximum absolute atomic E-state index is 14.7. The molecule has 0 saturated heterocycles. The van der Waals surface area contributed by atoms with E-state index >= 15 is 0 Å². The van der Waals surface area contributed by atoms with Gasteiger partial charge in [-0.3, -0.25) is 14.5 Å². The molecular formula is C21H16F4N4O. The van der Waals surface area contributed by atoms with Gasteiger partial charge in [0.15, 0.2) is 0 Å². The largest absolute Gasteiger partial charge is 0.416 e. The molecule has 1 aromatic carbocycles. The van der Waals surface area contributed by atoms with Gasteiger partial charge in [-0.1, -0.05) is 6.58 Å². The first-order valence-corrected chi connectivity index (χ1v) is 9.08. The molecule has 0 fully saturated rings. The average Bonchev–Trinajstić information content (AvgIpc) is 3.11. The van der Waals surface area contributed by atoms with Crippen molar-refractivity contribution in [2.24, 2.45) is 0 Å². The third-order valence-electron chi connectivity index (χ3n) is 4.99. The molecule has 0 saturated carbocycles. The first kappa shape index (κ1) is 19.8. The van der Waals surface area contributed by atoms with Crippen molar-refractivity contribution in [2.45, 2.75) is 19.3 Å². The van der Waals surface area contributed by atoms with Crippen LogP contribution in [0.15, 0.2) is 55.4 Å². The maximum Gasteiger partial charge on any atom is 0.416 e. The summed E-state index contributed by atoms with van der Waals surface area (Å²) < 4.78 is 55.2. The molecule has 0 aliphatic carbocycles. The first-order valence-electron chi connectivity index (χ1n) is 9.08. The van der Waals surface area contributed by atoms with Crippen molar-refractivity contribution < 1.29 is 22.4 Å². The van der Waals surface area contributed by atoms with Crippen molar-refractivity contribution in [1.82, 2.24) is 19.7 Å². The van der Waals surface area contributed by atoms with E-state index in [-0.39, 0.29) is 23.7 Å². The molecule has 0 bridgehead atoms. The summed E-state index contributed by atoms with van der Waals surface area (Å²) in [4.78, 5) is 17.7. The van der Waals surface area contributed by atoms with Crippen LogP contribution in [0.1, 0.15) is 11.3 Å². The molecule has 1 aliphatic heterocycles. The van der Waals surface area contributed by atoms with Gasteiger partial charge in [-0.05, 0) is 42.0 Å². The second kappa shape index (κ2) is 7.40. The third kappa shape index (κ3) is 3.47. The number of hydrogen-bond donors (Lipinski definition) is 0. The van der Waals surface area contributed by atoms with E-state index in [9.17, 15) is 22.4 Å². The van der Waals surface area contributed by atoms with Crippen LogP contribution in [0, 0.1) is 5.82 Å². The number of rotatable bonds is 3. The normalized spacial score (nSPS) is 13.8. The van der Waals surface area contributed by atoms with Gasteiger partial charge in [-0.15, -0.1) is 0 Å². The van der Waals surface area contributed by atoms with Gasteiger partial charge in [0.25, 0.3) is 0 Å². The van der Waals surface area contributed by atoms with E-state index in [1.165, 1.54) is 6.08 Å². The molecule has 9 heteroatoms. The third-order valence-corrected chi connectivity index (χ3v) is 4.99. The molecule has 4 rings (SSSR count). The van der Waals surface area contributed by atoms with Gasteiger partial charge in [0.2, 0.25) is 5.91 Å². The Morgan fingerprint density at radius 2 is 1.87 bits per heavy atom. The van der Waals surface area contributed by atoms with Crippen molar-refractivity contribution >= 4 is 5.91 Å². The van der Waals surface area contributed by atoms with Crippen LogP contribution in [0.4, 0.5) is 17.6 Å². The maximum atomic E-state index is 14.7. The summed E-state index contributed by atoms with van der Waals surface area (Å²) in [5.41, 5.74) is 0.998. The van der Waals surface area contributed by atoms with Crippen LogP contribution in [0.3, 0.4) is 0 Å². The van der Waals surface area contributed by atoms with Crippen molar-refractivity contribution in [3.8, 4) is 22.4 Å². The summed E-state index contributed by atoms with van der Waals surface area (Å²) >= 11 is 0. The van der Waals surface area contributed by atoms with E-state index in [0.717, 1.165) is 12.1 Å². The Morgan fingerprint density at radius 1 is 1.13 bits per heavy atom. The number of halogens is 4. The van der Waals surface area contributed by atoms with Crippen molar-refractivity contribution in [2.75, 3.05) is 6.54 Å². The minimum atomic E-state index is -4.65. The highest BCUT2D eigenvalue weighted by Crippen LogP contribution is 2.39. The number of carbonyl (C=O) groups excluding carboxylic acids is 1. The van der Waals surface area contributed by atoms with Crippen molar-refractivity contribution in [3.63, 3.8) is 0 Å². The number of pyridine rings is 1. The Bertz CT molecular complexity index is 1120. The van der Waals surface area contributed by atoms with Crippen LogP contribution in [0.5, 0.6) is 0 Å². The van der Waals surface area contributed by atoms with Crippen LogP contribution in [0.25, 0.3) is 22.4 Å². The van der Waals surface area contributed by atoms with Gasteiger partial charge in [-0.25, -0.2) is 4.39 Å². The zero-order valence-corrected chi connectivity index (χ0v) is 15.7. The summed E-state index contributed by atoms with van der Waals surface area (Å²) in [7, 11) is 0. The lowest BCUT2D eigenvalue weighted by molar-refractivity contribution is -0.137. The van der Waals surface area contributed by atoms with Gasteiger partial charge < -0.3 is 4.90 Å². The summed E-state index contributed by atoms with van der Waals surface area (Å²) in [6.07, 6.45) is -0.315. The number of hydrogen-bond acceptors (Lipinski definition) is 3. The molecule has 0 atom stereocenters. The molecular weight excluding hydrogens is 400 g/mol. The first-order chi connectivity index (χ1) is 14.3. The Kier molecular flexibility index (Phi) is 4.89. The van der Waals surface area contributed by atoms with E-state index < -0.39 is 17.6 Å². The zero-order chi connectivity index (χ0) is 21.5. The number of benzene rings is 1. The van der Waals surface area contributed by atoms with Crippen LogP contribution >= 0.6 is 0 Å². The summed E-state index contributed by atoms with van der Waals surface area (Å²) in [5.74, 6) is -1.26. The number of amides is 1. The Morgan fingerprint density at radius 3 is 2.50 bits per heavy atom. The van der Waals surface area contributed by atoms with Gasteiger partial charge >= 0.3 is 6.18 Å². The summed E-state index contributed by atoms with van der Waals surface area (Å²) in [6.45, 7) is 4.48. The lowest BCUT2D eigenvalue weighted by Gasteiger charge is -2.27. The Hall–Kier alpha value is -3.49. The van der Waals surface area contributed by atoms with E-state index in [4.69, 9.17) is 0 Å². The smallest absolute Gasteiger partial charge is 0.331 e. The van der Waals surface area contributed by atoms with Crippen LogP contribution < -0.4 is 0 Å². The topological polar surface area (TPSA) is 51.0 Å². The average molecular weight is 416 g/mol. The van der Waals surface area contributed by atoms with Crippen LogP contribution in [-0.4, -0.2) is 32.1 Å². The number of fused-ring (bicyclic) bond motifs is 1. The fraction of sp³-hybridized carbons (Fsp3) is 0.190. The van der Waals surface area contributed by atoms with E-state index in [2.05, 4.69) is 16.7 Å². The fourth-order valence-electron chi connectivity index (χ4n) is 3.53. The molecule has 0 N–H and O–H groups in total. The lowest BCUT2D eigenvalue weighted by atomic mass is 9.97. The second-order valence-corrected chi connectivity index (χ2v) is 6.79. The predicted octanol–water partition coefficient (Wildman–Crippen LogP) is 4.30. The van der Waals surface area contributed by atoms with Gasteiger partial charge in [0, 0.05) is 30.1 Å². The molecule has 0 unspecified atom stereocenters. The van der Waals surface area contributed by atoms with E-state index in [0.29, 0.717) is 36.0 Å². The highest BCUT2D eigenvalue weighted by atomic mass is 19.4. The molecule has 1 amide bonds. The van der Waals surface area contributed by atoms with Crippen LogP contribution in [0.2, 0.25) is 0 Å². The summed E-state index contributed by atoms with van der Waals surface area (Å²) in [6, 6.07) is 5.80. The quantitative estimate of drug-likeness (QED) is 0.473. The van der Waals surface area contributed by atoms with Gasteiger partial charge in [0.05, 0.1) is 24.3 Å². The molecule has 0 radical (unpaired) electrons. The monoisotopic (exact) mass is 416 g/mol. The highest BCUT2D eigenvalue weighted by molar-refractivity contribution is 5.88. The standard InChI is InChI=1S/C21H16F4N4O/c1-2-18(30)28-9-10-29-17(12-28)19(13-5-7-26-8-6-13)20(27-29)15-4-3-14(11-16(15)22)21(23,24)25/h2-8,11H,1,9-10,12H2. The molecule has 2 aromatic heterocycles. The molecule has 5 nitrogen and oxygen atoms in total. The number of nitrogens with zero attached hydrogens (tertiary/aromatic N) is 4. The minimum Gasteiger partial charge on any atom is -0.331 e. The number of aromatic nitrogens is 3. The molecule has 154 valence electrons. The minimum absolute atomic E-state index is 0.0432. The zero-order valence-electron chi connectivity index (χ0n) is 15.7.